The molecule has 1 N–H and O–H groups in total. The second kappa shape index (κ2) is 5.68. The molecule has 1 heterocycles. The number of aliphatic hydroxyl groups is 1. The van der Waals surface area contributed by atoms with Gasteiger partial charge in [0.1, 0.15) is 5.75 Å². The van der Waals surface area contributed by atoms with Crippen LogP contribution in [0, 0.1) is 0 Å². The van der Waals surface area contributed by atoms with Crippen LogP contribution in [0.4, 0.5) is 0 Å². The zero-order chi connectivity index (χ0) is 12.1. The van der Waals surface area contributed by atoms with E-state index in [2.05, 4.69) is 0 Å². The van der Waals surface area contributed by atoms with Crippen LogP contribution < -0.4 is 4.74 Å². The smallest absolute Gasteiger partial charge is 0.226 e. The minimum atomic E-state index is -0.353. The number of para-hydroxylation sites is 1. The number of rotatable bonds is 4. The molecule has 1 atom stereocenters. The molecule has 0 radical (unpaired) electrons. The molecular weight excluding hydrogens is 218 g/mol. The number of nitrogens with zero attached hydrogens (tertiary/aromatic N) is 1. The lowest BCUT2D eigenvalue weighted by atomic mass is 10.3. The average Bonchev–Trinajstić information content (AvgIpc) is 2.77. The van der Waals surface area contributed by atoms with E-state index < -0.39 is 0 Å². The number of aliphatic hydroxyl groups excluding tert-OH is 1. The zero-order valence-corrected chi connectivity index (χ0v) is 9.71. The number of carbonyl (C=O) groups excluding carboxylic acids is 1. The molecule has 0 aromatic heterocycles. The van der Waals surface area contributed by atoms with E-state index >= 15 is 0 Å². The molecule has 0 saturated carbocycles. The monoisotopic (exact) mass is 235 g/mol. The first kappa shape index (κ1) is 11.9. The van der Waals surface area contributed by atoms with Crippen LogP contribution in [0.25, 0.3) is 0 Å². The number of amides is 1. The number of likely N-dealkylation sites (tertiary alicyclic amines) is 1. The SMILES string of the molecule is O=C(CCOc1ccccc1)N1CC[C@H](O)C1. The van der Waals surface area contributed by atoms with Crippen LogP contribution in [0.5, 0.6) is 5.75 Å². The molecule has 4 nitrogen and oxygen atoms in total. The van der Waals surface area contributed by atoms with Crippen molar-refractivity contribution < 1.29 is 14.6 Å². The summed E-state index contributed by atoms with van der Waals surface area (Å²) < 4.78 is 5.45. The Hall–Kier alpha value is -1.55. The maximum Gasteiger partial charge on any atom is 0.226 e. The van der Waals surface area contributed by atoms with Crippen molar-refractivity contribution in [1.29, 1.82) is 0 Å². The van der Waals surface area contributed by atoms with E-state index in [0.717, 1.165) is 5.75 Å². The zero-order valence-electron chi connectivity index (χ0n) is 9.71. The fraction of sp³-hybridized carbons (Fsp3) is 0.462. The first-order chi connectivity index (χ1) is 8.25. The van der Waals surface area contributed by atoms with Gasteiger partial charge in [-0.1, -0.05) is 18.2 Å². The summed E-state index contributed by atoms with van der Waals surface area (Å²) in [6.45, 7) is 1.50. The minimum absolute atomic E-state index is 0.0532. The van der Waals surface area contributed by atoms with E-state index in [0.29, 0.717) is 32.5 Å². The summed E-state index contributed by atoms with van der Waals surface area (Å²) >= 11 is 0. The molecule has 1 amide bonds. The van der Waals surface area contributed by atoms with Crippen molar-refractivity contribution in [1.82, 2.24) is 4.90 Å². The molecular formula is C13H17NO3. The van der Waals surface area contributed by atoms with Crippen molar-refractivity contribution in [2.45, 2.75) is 18.9 Å². The average molecular weight is 235 g/mol. The van der Waals surface area contributed by atoms with Crippen LogP contribution >= 0.6 is 0 Å². The van der Waals surface area contributed by atoms with Gasteiger partial charge >= 0.3 is 0 Å². The Kier molecular flexibility index (Phi) is 3.98. The Labute approximate surface area is 101 Å². The lowest BCUT2D eigenvalue weighted by molar-refractivity contribution is -0.131. The van der Waals surface area contributed by atoms with E-state index in [1.165, 1.54) is 0 Å². The Bertz CT molecular complexity index is 366. The first-order valence-electron chi connectivity index (χ1n) is 5.89. The summed E-state index contributed by atoms with van der Waals surface area (Å²) in [5.74, 6) is 0.833. The van der Waals surface area contributed by atoms with Gasteiger partial charge in [-0.25, -0.2) is 0 Å². The van der Waals surface area contributed by atoms with Gasteiger partial charge in [-0.3, -0.25) is 4.79 Å². The fourth-order valence-corrected chi connectivity index (χ4v) is 1.90. The third-order valence-corrected chi connectivity index (χ3v) is 2.84. The van der Waals surface area contributed by atoms with Crippen LogP contribution in [0.1, 0.15) is 12.8 Å². The molecule has 1 fully saturated rings. The standard InChI is InChI=1S/C13H17NO3/c15-11-6-8-14(10-11)13(16)7-9-17-12-4-2-1-3-5-12/h1-5,11,15H,6-10H2/t11-/m0/s1. The second-order valence-corrected chi connectivity index (χ2v) is 4.19. The highest BCUT2D eigenvalue weighted by Gasteiger charge is 2.23. The van der Waals surface area contributed by atoms with Crippen LogP contribution in [-0.2, 0) is 4.79 Å². The van der Waals surface area contributed by atoms with E-state index in [1.54, 1.807) is 4.90 Å². The maximum atomic E-state index is 11.7. The molecule has 92 valence electrons. The predicted octanol–water partition coefficient (Wildman–Crippen LogP) is 1.05. The van der Waals surface area contributed by atoms with Crippen molar-refractivity contribution >= 4 is 5.91 Å². The van der Waals surface area contributed by atoms with Crippen molar-refractivity contribution in [3.05, 3.63) is 30.3 Å². The van der Waals surface area contributed by atoms with Gasteiger partial charge in [-0.15, -0.1) is 0 Å². The Morgan fingerprint density at radius 3 is 2.82 bits per heavy atom. The predicted molar refractivity (Wildman–Crippen MR) is 63.8 cm³/mol. The summed E-state index contributed by atoms with van der Waals surface area (Å²) in [7, 11) is 0. The maximum absolute atomic E-state index is 11.7. The third kappa shape index (κ3) is 3.46. The molecule has 1 aliphatic rings. The van der Waals surface area contributed by atoms with Crippen LogP contribution in [0.15, 0.2) is 30.3 Å². The highest BCUT2D eigenvalue weighted by Crippen LogP contribution is 2.11. The highest BCUT2D eigenvalue weighted by atomic mass is 16.5. The molecule has 1 aromatic carbocycles. The van der Waals surface area contributed by atoms with Gasteiger partial charge in [-0.05, 0) is 18.6 Å². The van der Waals surface area contributed by atoms with Crippen molar-refractivity contribution in [3.8, 4) is 5.75 Å². The molecule has 0 spiro atoms. The summed E-state index contributed by atoms with van der Waals surface area (Å²) in [6, 6.07) is 9.44. The van der Waals surface area contributed by atoms with E-state index in [-0.39, 0.29) is 12.0 Å². The summed E-state index contributed by atoms with van der Waals surface area (Å²) in [5, 5.41) is 9.33. The highest BCUT2D eigenvalue weighted by molar-refractivity contribution is 5.76. The molecule has 1 aromatic rings. The number of ether oxygens (including phenoxy) is 1. The Balaban J connectivity index is 1.70. The minimum Gasteiger partial charge on any atom is -0.493 e. The van der Waals surface area contributed by atoms with Crippen molar-refractivity contribution in [2.75, 3.05) is 19.7 Å². The first-order valence-corrected chi connectivity index (χ1v) is 5.89. The summed E-state index contributed by atoms with van der Waals surface area (Å²) in [5.41, 5.74) is 0. The number of hydrogen-bond donors (Lipinski definition) is 1. The van der Waals surface area contributed by atoms with Crippen LogP contribution in [-0.4, -0.2) is 41.7 Å². The van der Waals surface area contributed by atoms with Crippen molar-refractivity contribution in [3.63, 3.8) is 0 Å². The number of hydrogen-bond acceptors (Lipinski definition) is 3. The molecule has 0 unspecified atom stereocenters. The van der Waals surface area contributed by atoms with Gasteiger partial charge in [0, 0.05) is 13.1 Å². The molecule has 1 saturated heterocycles. The number of β-amino-alcohol motifs (C(OH)–C–C–N with tert-alkyl or cyclic N) is 1. The number of benzene rings is 1. The molecule has 0 aliphatic carbocycles. The van der Waals surface area contributed by atoms with Crippen molar-refractivity contribution in [2.24, 2.45) is 0 Å². The molecule has 2 rings (SSSR count). The quantitative estimate of drug-likeness (QED) is 0.848. The van der Waals surface area contributed by atoms with Gasteiger partial charge in [0.2, 0.25) is 5.91 Å². The molecule has 0 bridgehead atoms. The lowest BCUT2D eigenvalue weighted by Crippen LogP contribution is -2.30. The van der Waals surface area contributed by atoms with Gasteiger partial charge in [0.15, 0.2) is 0 Å². The van der Waals surface area contributed by atoms with Gasteiger partial charge in [0.05, 0.1) is 19.1 Å². The second-order valence-electron chi connectivity index (χ2n) is 4.19. The van der Waals surface area contributed by atoms with Crippen LogP contribution in [0.2, 0.25) is 0 Å². The number of carbonyl (C=O) groups is 1. The Morgan fingerprint density at radius 2 is 2.18 bits per heavy atom. The van der Waals surface area contributed by atoms with Gasteiger partial charge in [0.25, 0.3) is 0 Å². The van der Waals surface area contributed by atoms with Gasteiger partial charge in [-0.2, -0.15) is 0 Å². The largest absolute Gasteiger partial charge is 0.493 e. The summed E-state index contributed by atoms with van der Waals surface area (Å²) in [4.78, 5) is 13.4. The fourth-order valence-electron chi connectivity index (χ4n) is 1.90. The van der Waals surface area contributed by atoms with Gasteiger partial charge < -0.3 is 14.7 Å². The topological polar surface area (TPSA) is 49.8 Å². The molecule has 1 aliphatic heterocycles. The van der Waals surface area contributed by atoms with Crippen LogP contribution in [0.3, 0.4) is 0 Å². The van der Waals surface area contributed by atoms with E-state index in [9.17, 15) is 9.90 Å². The third-order valence-electron chi connectivity index (χ3n) is 2.84. The lowest BCUT2D eigenvalue weighted by Gasteiger charge is -2.15. The molecule has 4 heteroatoms. The van der Waals surface area contributed by atoms with E-state index in [1.807, 2.05) is 30.3 Å². The van der Waals surface area contributed by atoms with E-state index in [4.69, 9.17) is 4.74 Å². The molecule has 17 heavy (non-hydrogen) atoms. The summed E-state index contributed by atoms with van der Waals surface area (Å²) in [6.07, 6.45) is 0.696. The normalized spacial score (nSPS) is 19.4. The Morgan fingerprint density at radius 1 is 1.41 bits per heavy atom.